The van der Waals surface area contributed by atoms with Crippen LogP contribution in [0.3, 0.4) is 0 Å². The van der Waals surface area contributed by atoms with Crippen LogP contribution in [0.2, 0.25) is 0 Å². The van der Waals surface area contributed by atoms with Crippen LogP contribution in [0, 0.1) is 0 Å². The molecule has 0 saturated heterocycles. The van der Waals surface area contributed by atoms with E-state index in [4.69, 9.17) is 5.73 Å². The SMILES string of the molecule is NC1CC=CC(O)CCC1. The van der Waals surface area contributed by atoms with Crippen molar-refractivity contribution >= 4 is 0 Å². The van der Waals surface area contributed by atoms with Gasteiger partial charge in [-0.15, -0.1) is 0 Å². The third-order valence-corrected chi connectivity index (χ3v) is 1.87. The van der Waals surface area contributed by atoms with E-state index in [0.717, 1.165) is 25.7 Å². The fourth-order valence-corrected chi connectivity index (χ4v) is 1.21. The van der Waals surface area contributed by atoms with Crippen molar-refractivity contribution in [1.82, 2.24) is 0 Å². The molecule has 3 N–H and O–H groups in total. The second kappa shape index (κ2) is 3.74. The molecule has 58 valence electrons. The highest BCUT2D eigenvalue weighted by atomic mass is 16.3. The average molecular weight is 141 g/mol. The van der Waals surface area contributed by atoms with E-state index in [1.807, 2.05) is 12.2 Å². The summed E-state index contributed by atoms with van der Waals surface area (Å²) in [5.74, 6) is 0. The number of aliphatic hydroxyl groups is 1. The van der Waals surface area contributed by atoms with Crippen molar-refractivity contribution in [3.8, 4) is 0 Å². The Hall–Kier alpha value is -0.340. The van der Waals surface area contributed by atoms with Crippen molar-refractivity contribution in [1.29, 1.82) is 0 Å². The molecule has 2 atom stereocenters. The first kappa shape index (κ1) is 7.76. The maximum Gasteiger partial charge on any atom is 0.0720 e. The lowest BCUT2D eigenvalue weighted by Crippen LogP contribution is -2.21. The van der Waals surface area contributed by atoms with Crippen LogP contribution in [0.4, 0.5) is 0 Å². The molecule has 0 aromatic rings. The van der Waals surface area contributed by atoms with Crippen LogP contribution in [0.1, 0.15) is 25.7 Å². The Morgan fingerprint density at radius 3 is 3.00 bits per heavy atom. The number of nitrogens with two attached hydrogens (primary N) is 1. The van der Waals surface area contributed by atoms with E-state index in [1.165, 1.54) is 0 Å². The summed E-state index contributed by atoms with van der Waals surface area (Å²) in [6.07, 6.45) is 7.47. The number of hydrogen-bond acceptors (Lipinski definition) is 2. The third-order valence-electron chi connectivity index (χ3n) is 1.87. The van der Waals surface area contributed by atoms with Crippen LogP contribution in [0.25, 0.3) is 0 Å². The van der Waals surface area contributed by atoms with Crippen molar-refractivity contribution < 1.29 is 5.11 Å². The van der Waals surface area contributed by atoms with Gasteiger partial charge >= 0.3 is 0 Å². The molecule has 0 heterocycles. The van der Waals surface area contributed by atoms with Crippen LogP contribution >= 0.6 is 0 Å². The summed E-state index contributed by atoms with van der Waals surface area (Å²) in [4.78, 5) is 0. The molecule has 1 aliphatic carbocycles. The van der Waals surface area contributed by atoms with Crippen molar-refractivity contribution in [3.63, 3.8) is 0 Å². The Bertz CT molecular complexity index is 122. The van der Waals surface area contributed by atoms with Gasteiger partial charge in [-0.25, -0.2) is 0 Å². The summed E-state index contributed by atoms with van der Waals surface area (Å²) in [7, 11) is 0. The van der Waals surface area contributed by atoms with Crippen LogP contribution in [-0.2, 0) is 0 Å². The molecular weight excluding hydrogens is 126 g/mol. The first-order chi connectivity index (χ1) is 4.79. The van der Waals surface area contributed by atoms with Gasteiger partial charge in [0.05, 0.1) is 6.10 Å². The summed E-state index contributed by atoms with van der Waals surface area (Å²) < 4.78 is 0. The molecule has 0 aromatic heterocycles. The molecule has 2 nitrogen and oxygen atoms in total. The van der Waals surface area contributed by atoms with Crippen LogP contribution < -0.4 is 5.73 Å². The van der Waals surface area contributed by atoms with Gasteiger partial charge in [0.2, 0.25) is 0 Å². The molecule has 0 bridgehead atoms. The van der Waals surface area contributed by atoms with Crippen molar-refractivity contribution in [2.24, 2.45) is 5.73 Å². The maximum absolute atomic E-state index is 9.17. The van der Waals surface area contributed by atoms with Gasteiger partial charge in [-0.3, -0.25) is 0 Å². The Labute approximate surface area is 61.7 Å². The lowest BCUT2D eigenvalue weighted by molar-refractivity contribution is 0.204. The Morgan fingerprint density at radius 1 is 1.40 bits per heavy atom. The Kier molecular flexibility index (Phi) is 2.90. The first-order valence-electron chi connectivity index (χ1n) is 3.89. The quantitative estimate of drug-likeness (QED) is 0.490. The van der Waals surface area contributed by atoms with Crippen molar-refractivity contribution in [2.45, 2.75) is 37.8 Å². The Balaban J connectivity index is 2.38. The summed E-state index contributed by atoms with van der Waals surface area (Å²) in [5, 5.41) is 9.17. The molecule has 0 fully saturated rings. The van der Waals surface area contributed by atoms with E-state index in [2.05, 4.69) is 0 Å². The normalized spacial score (nSPS) is 35.0. The second-order valence-corrected chi connectivity index (χ2v) is 2.92. The van der Waals surface area contributed by atoms with Gasteiger partial charge in [-0.1, -0.05) is 12.2 Å². The molecule has 0 amide bonds. The highest BCUT2D eigenvalue weighted by Crippen LogP contribution is 2.10. The minimum atomic E-state index is -0.229. The summed E-state index contributed by atoms with van der Waals surface area (Å²) >= 11 is 0. The van der Waals surface area contributed by atoms with Gasteiger partial charge in [0.1, 0.15) is 0 Å². The molecule has 0 spiro atoms. The smallest absolute Gasteiger partial charge is 0.0720 e. The summed E-state index contributed by atoms with van der Waals surface area (Å²) in [5.41, 5.74) is 5.72. The van der Waals surface area contributed by atoms with Gasteiger partial charge < -0.3 is 10.8 Å². The molecule has 2 unspecified atom stereocenters. The molecule has 0 saturated carbocycles. The van der Waals surface area contributed by atoms with Crippen molar-refractivity contribution in [2.75, 3.05) is 0 Å². The lowest BCUT2D eigenvalue weighted by Gasteiger charge is -2.13. The minimum absolute atomic E-state index is 0.229. The molecule has 0 aliphatic heterocycles. The van der Waals surface area contributed by atoms with Gasteiger partial charge in [-0.2, -0.15) is 0 Å². The molecule has 0 radical (unpaired) electrons. The average Bonchev–Trinajstić information content (AvgIpc) is 1.84. The first-order valence-corrected chi connectivity index (χ1v) is 3.89. The second-order valence-electron chi connectivity index (χ2n) is 2.92. The van der Waals surface area contributed by atoms with Crippen molar-refractivity contribution in [3.05, 3.63) is 12.2 Å². The van der Waals surface area contributed by atoms with E-state index in [9.17, 15) is 5.11 Å². The molecule has 1 rings (SSSR count). The van der Waals surface area contributed by atoms with Gasteiger partial charge in [0, 0.05) is 6.04 Å². The van der Waals surface area contributed by atoms with Gasteiger partial charge in [-0.05, 0) is 25.7 Å². The largest absolute Gasteiger partial charge is 0.389 e. The summed E-state index contributed by atoms with van der Waals surface area (Å²) in [6, 6.07) is 0.309. The monoisotopic (exact) mass is 141 g/mol. The van der Waals surface area contributed by atoms with E-state index >= 15 is 0 Å². The molecular formula is C8H15NO. The number of hydrogen-bond donors (Lipinski definition) is 2. The molecule has 2 heteroatoms. The van der Waals surface area contributed by atoms with E-state index in [-0.39, 0.29) is 6.10 Å². The lowest BCUT2D eigenvalue weighted by atomic mass is 10.0. The molecule has 0 aromatic carbocycles. The molecule has 1 aliphatic rings. The van der Waals surface area contributed by atoms with Crippen LogP contribution in [0.5, 0.6) is 0 Å². The van der Waals surface area contributed by atoms with Gasteiger partial charge in [0.25, 0.3) is 0 Å². The molecule has 10 heavy (non-hydrogen) atoms. The zero-order valence-electron chi connectivity index (χ0n) is 6.16. The summed E-state index contributed by atoms with van der Waals surface area (Å²) in [6.45, 7) is 0. The zero-order chi connectivity index (χ0) is 7.40. The number of rotatable bonds is 0. The van der Waals surface area contributed by atoms with E-state index in [0.29, 0.717) is 6.04 Å². The maximum atomic E-state index is 9.17. The highest BCUT2D eigenvalue weighted by Gasteiger charge is 2.06. The number of aliphatic hydroxyl groups excluding tert-OH is 1. The minimum Gasteiger partial charge on any atom is -0.389 e. The van der Waals surface area contributed by atoms with Gasteiger partial charge in [0.15, 0.2) is 0 Å². The van der Waals surface area contributed by atoms with Crippen LogP contribution in [-0.4, -0.2) is 17.3 Å². The third kappa shape index (κ3) is 2.50. The van der Waals surface area contributed by atoms with E-state index in [1.54, 1.807) is 0 Å². The fourth-order valence-electron chi connectivity index (χ4n) is 1.21. The predicted octanol–water partition coefficient (Wildman–Crippen LogP) is 0.805. The zero-order valence-corrected chi connectivity index (χ0v) is 6.16. The standard InChI is InChI=1S/C8H15NO/c9-7-3-1-5-8(10)6-2-4-7/h1,5,7-8,10H,2-4,6,9H2. The topological polar surface area (TPSA) is 46.2 Å². The van der Waals surface area contributed by atoms with Crippen LogP contribution in [0.15, 0.2) is 12.2 Å². The Morgan fingerprint density at radius 2 is 2.20 bits per heavy atom. The van der Waals surface area contributed by atoms with E-state index < -0.39 is 0 Å². The fraction of sp³-hybridized carbons (Fsp3) is 0.750. The highest BCUT2D eigenvalue weighted by molar-refractivity contribution is 4.92. The predicted molar refractivity (Wildman–Crippen MR) is 41.6 cm³/mol.